The molecule has 0 radical (unpaired) electrons. The highest BCUT2D eigenvalue weighted by Gasteiger charge is 2.13. The third-order valence-corrected chi connectivity index (χ3v) is 7.23. The van der Waals surface area contributed by atoms with Crippen molar-refractivity contribution in [3.63, 3.8) is 0 Å². The molecule has 2 aromatic carbocycles. The van der Waals surface area contributed by atoms with Gasteiger partial charge in [0.2, 0.25) is 0 Å². The maximum absolute atomic E-state index is 12.5. The number of sulfonamides is 1. The zero-order valence-electron chi connectivity index (χ0n) is 19.3. The number of benzene rings is 2. The van der Waals surface area contributed by atoms with Crippen molar-refractivity contribution >= 4 is 15.7 Å². The second kappa shape index (κ2) is 15.1. The summed E-state index contributed by atoms with van der Waals surface area (Å²) < 4.78 is 27.6. The lowest BCUT2D eigenvalue weighted by atomic mass is 10.0. The fraction of sp³-hybridized carbons (Fsp3) is 0.556. The summed E-state index contributed by atoms with van der Waals surface area (Å²) >= 11 is 0. The summed E-state index contributed by atoms with van der Waals surface area (Å²) in [6.07, 6.45) is 18.7. The van der Waals surface area contributed by atoms with E-state index in [4.69, 9.17) is 0 Å². The van der Waals surface area contributed by atoms with Crippen molar-refractivity contribution in [2.45, 2.75) is 102 Å². The van der Waals surface area contributed by atoms with Gasteiger partial charge in [-0.3, -0.25) is 4.72 Å². The first-order valence-corrected chi connectivity index (χ1v) is 13.8. The van der Waals surface area contributed by atoms with Gasteiger partial charge in [0.25, 0.3) is 10.0 Å². The van der Waals surface area contributed by atoms with Crippen LogP contribution in [0.25, 0.3) is 0 Å². The number of hydrogen-bond acceptors (Lipinski definition) is 2. The largest absolute Gasteiger partial charge is 0.280 e. The van der Waals surface area contributed by atoms with Crippen molar-refractivity contribution in [1.82, 2.24) is 0 Å². The number of aryl methyl sites for hydroxylation is 1. The van der Waals surface area contributed by atoms with E-state index in [1.807, 2.05) is 30.3 Å². The van der Waals surface area contributed by atoms with Crippen molar-refractivity contribution in [1.29, 1.82) is 0 Å². The number of unbranched alkanes of at least 4 members (excludes halogenated alkanes) is 12. The molecule has 172 valence electrons. The Bertz CT molecular complexity index is 801. The van der Waals surface area contributed by atoms with Crippen LogP contribution >= 0.6 is 0 Å². The number of rotatable bonds is 17. The second-order valence-corrected chi connectivity index (χ2v) is 10.3. The van der Waals surface area contributed by atoms with Crippen LogP contribution in [0.1, 0.15) is 96.0 Å². The van der Waals surface area contributed by atoms with Crippen molar-refractivity contribution < 1.29 is 8.42 Å². The molecule has 2 aromatic rings. The maximum atomic E-state index is 12.5. The van der Waals surface area contributed by atoms with E-state index in [0.717, 1.165) is 6.42 Å². The molecule has 0 aliphatic carbocycles. The topological polar surface area (TPSA) is 46.2 Å². The predicted molar refractivity (Wildman–Crippen MR) is 133 cm³/mol. The van der Waals surface area contributed by atoms with Crippen LogP contribution in [-0.2, 0) is 16.4 Å². The Morgan fingerprint density at radius 2 is 1.10 bits per heavy atom. The summed E-state index contributed by atoms with van der Waals surface area (Å²) in [4.78, 5) is 0.311. The molecular weight excluding hydrogens is 402 g/mol. The van der Waals surface area contributed by atoms with Gasteiger partial charge in [-0.05, 0) is 42.7 Å². The summed E-state index contributed by atoms with van der Waals surface area (Å²) in [5.41, 5.74) is 1.79. The summed E-state index contributed by atoms with van der Waals surface area (Å²) in [6, 6.07) is 16.3. The Morgan fingerprint density at radius 1 is 0.613 bits per heavy atom. The molecule has 2 rings (SSSR count). The molecule has 0 amide bonds. The quantitative estimate of drug-likeness (QED) is 0.251. The van der Waals surface area contributed by atoms with E-state index < -0.39 is 10.0 Å². The van der Waals surface area contributed by atoms with Gasteiger partial charge in [-0.15, -0.1) is 0 Å². The molecule has 0 saturated heterocycles. The highest BCUT2D eigenvalue weighted by atomic mass is 32.2. The van der Waals surface area contributed by atoms with Gasteiger partial charge in [-0.1, -0.05) is 114 Å². The van der Waals surface area contributed by atoms with Gasteiger partial charge in [0, 0.05) is 5.69 Å². The van der Waals surface area contributed by atoms with Crippen LogP contribution in [0.15, 0.2) is 59.5 Å². The van der Waals surface area contributed by atoms with E-state index >= 15 is 0 Å². The van der Waals surface area contributed by atoms with E-state index in [2.05, 4.69) is 11.6 Å². The van der Waals surface area contributed by atoms with Crippen LogP contribution in [-0.4, -0.2) is 8.42 Å². The first kappa shape index (κ1) is 25.5. The summed E-state index contributed by atoms with van der Waals surface area (Å²) in [5.74, 6) is 0. The lowest BCUT2D eigenvalue weighted by molar-refractivity contribution is 0.539. The van der Waals surface area contributed by atoms with Crippen LogP contribution < -0.4 is 4.72 Å². The van der Waals surface area contributed by atoms with E-state index in [1.54, 1.807) is 24.3 Å². The predicted octanol–water partition coefficient (Wildman–Crippen LogP) is 8.12. The molecule has 0 fully saturated rings. The summed E-state index contributed by atoms with van der Waals surface area (Å²) in [6.45, 7) is 2.27. The summed E-state index contributed by atoms with van der Waals surface area (Å²) in [7, 11) is -3.53. The Morgan fingerprint density at radius 3 is 1.61 bits per heavy atom. The van der Waals surface area contributed by atoms with Gasteiger partial charge in [-0.2, -0.15) is 0 Å². The van der Waals surface area contributed by atoms with Crippen molar-refractivity contribution in [3.05, 3.63) is 60.2 Å². The third kappa shape index (κ3) is 10.9. The van der Waals surface area contributed by atoms with Crippen molar-refractivity contribution in [2.24, 2.45) is 0 Å². The average molecular weight is 444 g/mol. The summed E-state index contributed by atoms with van der Waals surface area (Å²) in [5, 5.41) is 0. The van der Waals surface area contributed by atoms with Crippen LogP contribution in [0.4, 0.5) is 5.69 Å². The van der Waals surface area contributed by atoms with Gasteiger partial charge >= 0.3 is 0 Å². The fourth-order valence-electron chi connectivity index (χ4n) is 3.90. The molecule has 0 bridgehead atoms. The Labute approximate surface area is 190 Å². The molecule has 4 heteroatoms. The van der Waals surface area contributed by atoms with Gasteiger partial charge in [0.1, 0.15) is 0 Å². The Hall–Kier alpha value is -1.81. The number of hydrogen-bond donors (Lipinski definition) is 1. The minimum absolute atomic E-state index is 0.311. The van der Waals surface area contributed by atoms with Crippen LogP contribution in [0.2, 0.25) is 0 Å². The third-order valence-electron chi connectivity index (χ3n) is 5.83. The highest BCUT2D eigenvalue weighted by Crippen LogP contribution is 2.18. The standard InChI is InChI=1S/C27H41NO2S/c1-2-3-4-5-6-7-8-9-10-11-12-13-15-18-25-21-23-27(24-22-25)31(29,30)28-26-19-16-14-17-20-26/h14,16-17,19-24,28H,2-13,15,18H2,1H3. The first-order chi connectivity index (χ1) is 15.1. The van der Waals surface area contributed by atoms with Crippen molar-refractivity contribution in [2.75, 3.05) is 4.72 Å². The zero-order valence-corrected chi connectivity index (χ0v) is 20.1. The molecule has 0 spiro atoms. The SMILES string of the molecule is CCCCCCCCCCCCCCCc1ccc(S(=O)(=O)Nc2ccccc2)cc1. The molecular formula is C27H41NO2S. The highest BCUT2D eigenvalue weighted by molar-refractivity contribution is 7.92. The molecule has 0 unspecified atom stereocenters. The molecule has 1 N–H and O–H groups in total. The van der Waals surface area contributed by atoms with Gasteiger partial charge in [0.15, 0.2) is 0 Å². The molecule has 0 aliphatic heterocycles. The molecule has 3 nitrogen and oxygen atoms in total. The molecule has 0 aliphatic rings. The van der Waals surface area contributed by atoms with Gasteiger partial charge < -0.3 is 0 Å². The normalized spacial score (nSPS) is 11.5. The first-order valence-electron chi connectivity index (χ1n) is 12.3. The lowest BCUT2D eigenvalue weighted by Crippen LogP contribution is -2.12. The van der Waals surface area contributed by atoms with E-state index in [9.17, 15) is 8.42 Å². The Balaban J connectivity index is 1.54. The minimum atomic E-state index is -3.53. The smallest absolute Gasteiger partial charge is 0.261 e. The molecule has 0 atom stereocenters. The van der Waals surface area contributed by atoms with Gasteiger partial charge in [0.05, 0.1) is 4.90 Å². The monoisotopic (exact) mass is 443 g/mol. The van der Waals surface area contributed by atoms with E-state index in [1.165, 1.54) is 89.0 Å². The van der Waals surface area contributed by atoms with Crippen LogP contribution in [0, 0.1) is 0 Å². The molecule has 31 heavy (non-hydrogen) atoms. The Kier molecular flexibility index (Phi) is 12.4. The van der Waals surface area contributed by atoms with Crippen LogP contribution in [0.3, 0.4) is 0 Å². The van der Waals surface area contributed by atoms with Crippen molar-refractivity contribution in [3.8, 4) is 0 Å². The number of nitrogens with one attached hydrogen (secondary N) is 1. The second-order valence-electron chi connectivity index (χ2n) is 8.61. The van der Waals surface area contributed by atoms with E-state index in [0.29, 0.717) is 10.6 Å². The number of para-hydroxylation sites is 1. The fourth-order valence-corrected chi connectivity index (χ4v) is 4.96. The zero-order chi connectivity index (χ0) is 22.2. The average Bonchev–Trinajstić information content (AvgIpc) is 2.78. The number of anilines is 1. The molecule has 0 aromatic heterocycles. The maximum Gasteiger partial charge on any atom is 0.261 e. The van der Waals surface area contributed by atoms with Crippen LogP contribution in [0.5, 0.6) is 0 Å². The lowest BCUT2D eigenvalue weighted by Gasteiger charge is -2.09. The minimum Gasteiger partial charge on any atom is -0.280 e. The van der Waals surface area contributed by atoms with Gasteiger partial charge in [-0.25, -0.2) is 8.42 Å². The van der Waals surface area contributed by atoms with E-state index in [-0.39, 0.29) is 0 Å². The molecule has 0 saturated carbocycles. The molecule has 0 heterocycles.